The summed E-state index contributed by atoms with van der Waals surface area (Å²) in [5, 5.41) is 0. The van der Waals surface area contributed by atoms with Gasteiger partial charge in [-0.25, -0.2) is 17.6 Å². The third-order valence-corrected chi connectivity index (χ3v) is 8.40. The van der Waals surface area contributed by atoms with Gasteiger partial charge in [0.25, 0.3) is 0 Å². The minimum absolute atomic E-state index is 0.0351. The molecule has 0 aliphatic heterocycles. The van der Waals surface area contributed by atoms with Crippen LogP contribution in [-0.4, -0.2) is 6.26 Å². The van der Waals surface area contributed by atoms with E-state index >= 15 is 0 Å². The highest BCUT2D eigenvalue weighted by molar-refractivity contribution is 7.98. The van der Waals surface area contributed by atoms with E-state index in [1.165, 1.54) is 32.1 Å². The van der Waals surface area contributed by atoms with E-state index in [1.54, 1.807) is 0 Å². The molecule has 4 aromatic rings. The Morgan fingerprint density at radius 2 is 1.06 bits per heavy atom. The van der Waals surface area contributed by atoms with Gasteiger partial charge in [0, 0.05) is 6.07 Å². The maximum atomic E-state index is 12.6. The minimum Gasteiger partial charge on any atom is -0.206 e. The molecule has 4 aromatic carbocycles. The summed E-state index contributed by atoms with van der Waals surface area (Å²) in [4.78, 5) is 3.64. The molecule has 0 N–H and O–H groups in total. The van der Waals surface area contributed by atoms with E-state index in [2.05, 4.69) is 92.7 Å². The van der Waals surface area contributed by atoms with Crippen molar-refractivity contribution >= 4 is 22.7 Å². The molecule has 0 aromatic heterocycles. The van der Waals surface area contributed by atoms with Crippen LogP contribution in [0.3, 0.4) is 0 Å². The molecule has 0 unspecified atom stereocenters. The summed E-state index contributed by atoms with van der Waals surface area (Å²) in [5.74, 6) is -5.71. The third-order valence-electron chi connectivity index (χ3n) is 5.39. The van der Waals surface area contributed by atoms with Crippen LogP contribution in [0, 0.1) is 23.3 Å². The molecule has 0 atom stereocenters. The van der Waals surface area contributed by atoms with Crippen molar-refractivity contribution in [3.63, 3.8) is 0 Å². The van der Waals surface area contributed by atoms with Crippen LogP contribution in [0.4, 0.5) is 17.6 Å². The lowest BCUT2D eigenvalue weighted by molar-refractivity contribution is 0.415. The second-order valence-corrected chi connectivity index (χ2v) is 10.5. The number of rotatable bonds is 6. The fourth-order valence-electron chi connectivity index (χ4n) is 3.42. The van der Waals surface area contributed by atoms with Crippen molar-refractivity contribution < 1.29 is 17.6 Å². The normalized spacial score (nSPS) is 10.7. The van der Waals surface area contributed by atoms with Gasteiger partial charge in [-0.3, -0.25) is 0 Å². The Balaban J connectivity index is 0.000000241. The van der Waals surface area contributed by atoms with Gasteiger partial charge in [-0.1, -0.05) is 56.3 Å². The predicted molar refractivity (Wildman–Crippen MR) is 138 cm³/mol. The molecular formula is C29H27F4S2+. The Morgan fingerprint density at radius 1 is 0.600 bits per heavy atom. The zero-order valence-corrected chi connectivity index (χ0v) is 21.5. The Morgan fingerprint density at radius 3 is 1.49 bits per heavy atom. The van der Waals surface area contributed by atoms with Crippen LogP contribution >= 0.6 is 11.8 Å². The highest BCUT2D eigenvalue weighted by Crippen LogP contribution is 2.31. The number of hydrogen-bond acceptors (Lipinski definition) is 1. The summed E-state index contributed by atoms with van der Waals surface area (Å²) in [5.41, 5.74) is 2.79. The van der Waals surface area contributed by atoms with Gasteiger partial charge in [0.15, 0.2) is 32.1 Å². The van der Waals surface area contributed by atoms with Crippen molar-refractivity contribution in [3.05, 3.63) is 119 Å². The monoisotopic (exact) mass is 515 g/mol. The van der Waals surface area contributed by atoms with E-state index in [-0.39, 0.29) is 10.9 Å². The van der Waals surface area contributed by atoms with E-state index in [1.807, 2.05) is 0 Å². The maximum absolute atomic E-state index is 12.6. The SMILES string of the molecule is CCc1ccc([S+](c2ccccc2)c2ccc(CC)cc2)cc1.CSc1c(F)cc(F)c(F)c1F. The molecule has 0 radical (unpaired) electrons. The molecule has 0 heterocycles. The Hall–Kier alpha value is -2.70. The first-order chi connectivity index (χ1) is 16.9. The fraction of sp³-hybridized carbons (Fsp3) is 0.172. The maximum Gasteiger partial charge on any atom is 0.195 e. The Labute approximate surface area is 211 Å². The number of thioether (sulfide) groups is 1. The van der Waals surface area contributed by atoms with E-state index in [4.69, 9.17) is 0 Å². The molecule has 35 heavy (non-hydrogen) atoms. The number of halogens is 4. The summed E-state index contributed by atoms with van der Waals surface area (Å²) < 4.78 is 50.0. The molecule has 0 aliphatic carbocycles. The van der Waals surface area contributed by atoms with Gasteiger partial charge >= 0.3 is 0 Å². The van der Waals surface area contributed by atoms with Gasteiger partial charge in [-0.2, -0.15) is 0 Å². The van der Waals surface area contributed by atoms with Gasteiger partial charge in [-0.05, 0) is 66.6 Å². The van der Waals surface area contributed by atoms with E-state index in [0.29, 0.717) is 17.8 Å². The van der Waals surface area contributed by atoms with Crippen molar-refractivity contribution in [1.82, 2.24) is 0 Å². The number of hydrogen-bond donors (Lipinski definition) is 0. The van der Waals surface area contributed by atoms with Crippen LogP contribution in [0.2, 0.25) is 0 Å². The Bertz CT molecular complexity index is 1180. The molecule has 0 saturated heterocycles. The largest absolute Gasteiger partial charge is 0.206 e. The highest BCUT2D eigenvalue weighted by Gasteiger charge is 2.28. The average molecular weight is 516 g/mol. The van der Waals surface area contributed by atoms with Gasteiger partial charge < -0.3 is 0 Å². The third kappa shape index (κ3) is 6.71. The molecule has 0 amide bonds. The molecule has 182 valence electrons. The molecule has 0 spiro atoms. The zero-order chi connectivity index (χ0) is 25.4. The Kier molecular flexibility index (Phi) is 9.87. The quantitative estimate of drug-likeness (QED) is 0.0812. The first-order valence-electron chi connectivity index (χ1n) is 11.2. The lowest BCUT2D eigenvalue weighted by Gasteiger charge is -2.09. The second-order valence-electron chi connectivity index (χ2n) is 7.62. The van der Waals surface area contributed by atoms with Gasteiger partial charge in [0.1, 0.15) is 5.82 Å². The first-order valence-corrected chi connectivity index (χ1v) is 13.7. The molecule has 0 fully saturated rings. The molecule has 0 aliphatic rings. The number of benzene rings is 4. The molecule has 0 bridgehead atoms. The molecule has 0 nitrogen and oxygen atoms in total. The predicted octanol–water partition coefficient (Wildman–Crippen LogP) is 8.87. The van der Waals surface area contributed by atoms with Crippen molar-refractivity contribution in [2.24, 2.45) is 0 Å². The lowest BCUT2D eigenvalue weighted by Crippen LogP contribution is -2.05. The van der Waals surface area contributed by atoms with Crippen LogP contribution in [0.25, 0.3) is 0 Å². The number of aryl methyl sites for hydroxylation is 2. The smallest absolute Gasteiger partial charge is 0.195 e. The summed E-state index contributed by atoms with van der Waals surface area (Å²) in [6, 6.07) is 29.4. The standard InChI is InChI=1S/C22H23S.C7H4F4S/c1-3-18-10-14-21(15-11-18)23(20-8-6-5-7-9-20)22-16-12-19(4-2)13-17-22;1-12-7-4(9)2-3(8)5(10)6(7)11/h5-17H,3-4H2,1-2H3;2H,1H3/q+1;. The molecule has 0 saturated carbocycles. The lowest BCUT2D eigenvalue weighted by atomic mass is 10.2. The van der Waals surface area contributed by atoms with Crippen molar-refractivity contribution in [2.75, 3.05) is 6.26 Å². The van der Waals surface area contributed by atoms with Crippen molar-refractivity contribution in [3.8, 4) is 0 Å². The van der Waals surface area contributed by atoms with Crippen LogP contribution < -0.4 is 0 Å². The first kappa shape index (κ1) is 26.9. The van der Waals surface area contributed by atoms with Crippen molar-refractivity contribution in [2.45, 2.75) is 46.3 Å². The van der Waals surface area contributed by atoms with E-state index < -0.39 is 28.2 Å². The van der Waals surface area contributed by atoms with Crippen LogP contribution in [-0.2, 0) is 23.7 Å². The van der Waals surface area contributed by atoms with Crippen LogP contribution in [0.5, 0.6) is 0 Å². The molecule has 6 heteroatoms. The van der Waals surface area contributed by atoms with Crippen LogP contribution in [0.1, 0.15) is 25.0 Å². The summed E-state index contributed by atoms with van der Waals surface area (Å²) >= 11 is 0.688. The summed E-state index contributed by atoms with van der Waals surface area (Å²) in [7, 11) is -0.0351. The summed E-state index contributed by atoms with van der Waals surface area (Å²) in [6.07, 6.45) is 3.55. The average Bonchev–Trinajstić information content (AvgIpc) is 2.90. The minimum atomic E-state index is -1.64. The summed E-state index contributed by atoms with van der Waals surface area (Å²) in [6.45, 7) is 4.41. The molecular weight excluding hydrogens is 488 g/mol. The zero-order valence-electron chi connectivity index (χ0n) is 19.8. The van der Waals surface area contributed by atoms with Gasteiger partial charge in [0.2, 0.25) is 0 Å². The van der Waals surface area contributed by atoms with Gasteiger partial charge in [0.05, 0.1) is 15.8 Å². The molecule has 4 rings (SSSR count). The fourth-order valence-corrected chi connectivity index (χ4v) is 6.01. The second kappa shape index (κ2) is 12.8. The van der Waals surface area contributed by atoms with E-state index in [9.17, 15) is 17.6 Å². The van der Waals surface area contributed by atoms with Gasteiger partial charge in [-0.15, -0.1) is 11.8 Å². The van der Waals surface area contributed by atoms with Crippen molar-refractivity contribution in [1.29, 1.82) is 0 Å². The van der Waals surface area contributed by atoms with Crippen LogP contribution in [0.15, 0.2) is 105 Å². The highest BCUT2D eigenvalue weighted by atomic mass is 32.2. The van der Waals surface area contributed by atoms with E-state index in [0.717, 1.165) is 12.8 Å². The topological polar surface area (TPSA) is 0 Å².